The third kappa shape index (κ3) is 6.79. The first-order chi connectivity index (χ1) is 13.2. The Morgan fingerprint density at radius 1 is 0.893 bits per heavy atom. The van der Waals surface area contributed by atoms with Gasteiger partial charge in [-0.2, -0.15) is 0 Å². The molecule has 0 aromatic heterocycles. The number of anilines is 2. The molecule has 3 N–H and O–H groups in total. The zero-order valence-electron chi connectivity index (χ0n) is 16.2. The van der Waals surface area contributed by atoms with E-state index in [9.17, 15) is 18.0 Å². The fraction of sp³-hybridized carbons (Fsp3) is 0.300. The van der Waals surface area contributed by atoms with Crippen LogP contribution in [0.3, 0.4) is 0 Å². The Morgan fingerprint density at radius 2 is 1.43 bits per heavy atom. The van der Waals surface area contributed by atoms with Gasteiger partial charge in [-0.25, -0.2) is 13.1 Å². The van der Waals surface area contributed by atoms with Crippen molar-refractivity contribution in [3.8, 4) is 0 Å². The number of benzene rings is 2. The maximum Gasteiger partial charge on any atom is 0.240 e. The van der Waals surface area contributed by atoms with E-state index in [0.717, 1.165) is 5.56 Å². The van der Waals surface area contributed by atoms with Crippen molar-refractivity contribution in [1.29, 1.82) is 0 Å². The SMILES string of the molecule is CC(=O)Nc1ccc(CC(=O)Nc2ccc(S(=O)(=O)NCC(C)C)cc2)cc1. The van der Waals surface area contributed by atoms with Gasteiger partial charge >= 0.3 is 0 Å². The minimum absolute atomic E-state index is 0.153. The first-order valence-corrected chi connectivity index (χ1v) is 10.4. The lowest BCUT2D eigenvalue weighted by Crippen LogP contribution is -2.27. The van der Waals surface area contributed by atoms with Crippen molar-refractivity contribution in [2.45, 2.75) is 32.1 Å². The molecule has 0 aliphatic carbocycles. The van der Waals surface area contributed by atoms with Crippen molar-refractivity contribution >= 4 is 33.2 Å². The highest BCUT2D eigenvalue weighted by Crippen LogP contribution is 2.15. The highest BCUT2D eigenvalue weighted by atomic mass is 32.2. The van der Waals surface area contributed by atoms with Crippen LogP contribution in [0.2, 0.25) is 0 Å². The molecular formula is C20H25N3O4S. The Kier molecular flexibility index (Phi) is 7.31. The predicted molar refractivity (Wildman–Crippen MR) is 110 cm³/mol. The van der Waals surface area contributed by atoms with Crippen molar-refractivity contribution in [1.82, 2.24) is 4.72 Å². The van der Waals surface area contributed by atoms with Gasteiger partial charge in [-0.15, -0.1) is 0 Å². The van der Waals surface area contributed by atoms with Gasteiger partial charge in [0.25, 0.3) is 0 Å². The van der Waals surface area contributed by atoms with Crippen LogP contribution in [-0.2, 0) is 26.0 Å². The molecule has 0 heterocycles. The van der Waals surface area contributed by atoms with Crippen LogP contribution in [0.5, 0.6) is 0 Å². The Hall–Kier alpha value is -2.71. The van der Waals surface area contributed by atoms with Crippen molar-refractivity contribution in [3.63, 3.8) is 0 Å². The van der Waals surface area contributed by atoms with Crippen LogP contribution in [0.15, 0.2) is 53.4 Å². The van der Waals surface area contributed by atoms with Crippen LogP contribution in [0.1, 0.15) is 26.3 Å². The zero-order chi connectivity index (χ0) is 20.7. The molecule has 7 nitrogen and oxygen atoms in total. The summed E-state index contributed by atoms with van der Waals surface area (Å²) in [6.45, 7) is 5.64. The van der Waals surface area contributed by atoms with Crippen LogP contribution >= 0.6 is 0 Å². The number of hydrogen-bond acceptors (Lipinski definition) is 4. The van der Waals surface area contributed by atoms with Crippen LogP contribution in [0.4, 0.5) is 11.4 Å². The molecule has 2 aromatic rings. The highest BCUT2D eigenvalue weighted by Gasteiger charge is 2.14. The Balaban J connectivity index is 1.94. The lowest BCUT2D eigenvalue weighted by Gasteiger charge is -2.10. The van der Waals surface area contributed by atoms with Crippen LogP contribution in [0.25, 0.3) is 0 Å². The molecule has 2 rings (SSSR count). The summed E-state index contributed by atoms with van der Waals surface area (Å²) in [6.07, 6.45) is 0.163. The number of carbonyl (C=O) groups excluding carboxylic acids is 2. The topological polar surface area (TPSA) is 104 Å². The standard InChI is InChI=1S/C20H25N3O4S/c1-14(2)13-21-28(26,27)19-10-8-18(9-11-19)23-20(25)12-16-4-6-17(7-5-16)22-15(3)24/h4-11,14,21H,12-13H2,1-3H3,(H,22,24)(H,23,25). The quantitative estimate of drug-likeness (QED) is 0.630. The summed E-state index contributed by atoms with van der Waals surface area (Å²) in [6, 6.07) is 13.0. The van der Waals surface area contributed by atoms with E-state index in [-0.39, 0.29) is 29.0 Å². The maximum absolute atomic E-state index is 12.2. The second-order valence-electron chi connectivity index (χ2n) is 6.87. The van der Waals surface area contributed by atoms with Gasteiger partial charge in [-0.05, 0) is 47.9 Å². The third-order valence-electron chi connectivity index (χ3n) is 3.77. The summed E-state index contributed by atoms with van der Waals surface area (Å²) < 4.78 is 26.9. The van der Waals surface area contributed by atoms with Crippen molar-refractivity contribution in [2.24, 2.45) is 5.92 Å². The summed E-state index contributed by atoms with van der Waals surface area (Å²) >= 11 is 0. The molecule has 0 radical (unpaired) electrons. The van der Waals surface area contributed by atoms with E-state index in [1.165, 1.54) is 19.1 Å². The minimum Gasteiger partial charge on any atom is -0.326 e. The molecule has 2 aromatic carbocycles. The molecule has 0 spiro atoms. The molecule has 0 aliphatic rings. The summed E-state index contributed by atoms with van der Waals surface area (Å²) in [7, 11) is -3.55. The second kappa shape index (κ2) is 9.48. The number of rotatable bonds is 8. The normalized spacial score (nSPS) is 11.3. The molecule has 8 heteroatoms. The number of sulfonamides is 1. The molecule has 0 saturated carbocycles. The maximum atomic E-state index is 12.2. The van der Waals surface area contributed by atoms with E-state index in [0.29, 0.717) is 17.9 Å². The van der Waals surface area contributed by atoms with Crippen LogP contribution < -0.4 is 15.4 Å². The molecule has 28 heavy (non-hydrogen) atoms. The monoisotopic (exact) mass is 403 g/mol. The summed E-state index contributed by atoms with van der Waals surface area (Å²) in [4.78, 5) is 23.4. The number of nitrogens with one attached hydrogen (secondary N) is 3. The Bertz CT molecular complexity index is 921. The molecule has 0 atom stereocenters. The van der Waals surface area contributed by atoms with Crippen molar-refractivity contribution in [2.75, 3.05) is 17.2 Å². The van der Waals surface area contributed by atoms with Gasteiger partial charge in [0.1, 0.15) is 0 Å². The molecule has 0 saturated heterocycles. The van der Waals surface area contributed by atoms with E-state index in [1.807, 2.05) is 13.8 Å². The van der Waals surface area contributed by atoms with Gasteiger partial charge in [0, 0.05) is 24.8 Å². The summed E-state index contributed by atoms with van der Waals surface area (Å²) in [5.74, 6) is -0.170. The van der Waals surface area contributed by atoms with Gasteiger partial charge in [0.05, 0.1) is 11.3 Å². The summed E-state index contributed by atoms with van der Waals surface area (Å²) in [5.41, 5.74) is 1.98. The van der Waals surface area contributed by atoms with Crippen LogP contribution in [-0.4, -0.2) is 26.8 Å². The second-order valence-corrected chi connectivity index (χ2v) is 8.64. The molecular weight excluding hydrogens is 378 g/mol. The van der Waals surface area contributed by atoms with E-state index in [1.54, 1.807) is 36.4 Å². The largest absolute Gasteiger partial charge is 0.326 e. The molecule has 2 amide bonds. The third-order valence-corrected chi connectivity index (χ3v) is 5.21. The first-order valence-electron chi connectivity index (χ1n) is 8.92. The minimum atomic E-state index is -3.55. The van der Waals surface area contributed by atoms with Gasteiger partial charge < -0.3 is 10.6 Å². The van der Waals surface area contributed by atoms with Crippen molar-refractivity contribution < 1.29 is 18.0 Å². The molecule has 150 valence electrons. The molecule has 0 unspecified atom stereocenters. The van der Waals surface area contributed by atoms with Gasteiger partial charge in [-0.3, -0.25) is 9.59 Å². The lowest BCUT2D eigenvalue weighted by atomic mass is 10.1. The average Bonchev–Trinajstić information content (AvgIpc) is 2.62. The van der Waals surface area contributed by atoms with Gasteiger partial charge in [-0.1, -0.05) is 26.0 Å². The number of amides is 2. The van der Waals surface area contributed by atoms with E-state index >= 15 is 0 Å². The van der Waals surface area contributed by atoms with E-state index in [4.69, 9.17) is 0 Å². The van der Waals surface area contributed by atoms with Gasteiger partial charge in [0.15, 0.2) is 0 Å². The molecule has 0 bridgehead atoms. The van der Waals surface area contributed by atoms with Gasteiger partial charge in [0.2, 0.25) is 21.8 Å². The fourth-order valence-electron chi connectivity index (χ4n) is 2.38. The lowest BCUT2D eigenvalue weighted by molar-refractivity contribution is -0.116. The number of hydrogen-bond donors (Lipinski definition) is 3. The van der Waals surface area contributed by atoms with E-state index < -0.39 is 10.0 Å². The fourth-order valence-corrected chi connectivity index (χ4v) is 3.59. The van der Waals surface area contributed by atoms with E-state index in [2.05, 4.69) is 15.4 Å². The predicted octanol–water partition coefficient (Wildman–Crippen LogP) is 2.76. The zero-order valence-corrected chi connectivity index (χ0v) is 17.0. The van der Waals surface area contributed by atoms with Crippen LogP contribution in [0, 0.1) is 5.92 Å². The first kappa shape index (κ1) is 21.6. The molecule has 0 fully saturated rings. The Morgan fingerprint density at radius 3 is 1.96 bits per heavy atom. The Labute approximate surface area is 165 Å². The highest BCUT2D eigenvalue weighted by molar-refractivity contribution is 7.89. The molecule has 0 aliphatic heterocycles. The number of carbonyl (C=O) groups is 2. The smallest absolute Gasteiger partial charge is 0.240 e. The average molecular weight is 404 g/mol. The van der Waals surface area contributed by atoms with Crippen molar-refractivity contribution in [3.05, 3.63) is 54.1 Å². The summed E-state index contributed by atoms with van der Waals surface area (Å²) in [5, 5.41) is 5.41.